The summed E-state index contributed by atoms with van der Waals surface area (Å²) in [7, 11) is 0. The Hall–Kier alpha value is -1.38. The minimum absolute atomic E-state index is 0.0125. The third-order valence-electron chi connectivity index (χ3n) is 3.24. The molecule has 1 unspecified atom stereocenters. The number of nitriles is 1. The van der Waals surface area contributed by atoms with Gasteiger partial charge in [-0.05, 0) is 47.3 Å². The van der Waals surface area contributed by atoms with Gasteiger partial charge in [-0.1, -0.05) is 6.07 Å². The second-order valence-electron chi connectivity index (χ2n) is 4.37. The van der Waals surface area contributed by atoms with Gasteiger partial charge in [0.15, 0.2) is 6.23 Å². The zero-order chi connectivity index (χ0) is 12.5. The highest BCUT2D eigenvalue weighted by Gasteiger charge is 2.21. The number of hydrogen-bond acceptors (Lipinski definition) is 3. The summed E-state index contributed by atoms with van der Waals surface area (Å²) in [5.74, 6) is 0. The van der Waals surface area contributed by atoms with E-state index < -0.39 is 0 Å². The van der Waals surface area contributed by atoms with Crippen LogP contribution in [0.5, 0.6) is 0 Å². The van der Waals surface area contributed by atoms with Crippen molar-refractivity contribution in [3.05, 3.63) is 28.4 Å². The Bertz CT molecular complexity index is 623. The largest absolute Gasteiger partial charge is 0.356 e. The molecule has 1 fully saturated rings. The van der Waals surface area contributed by atoms with Crippen LogP contribution in [0.25, 0.3) is 10.9 Å². The van der Waals surface area contributed by atoms with Gasteiger partial charge in [0.1, 0.15) is 4.60 Å². The second-order valence-corrected chi connectivity index (χ2v) is 5.12. The lowest BCUT2D eigenvalue weighted by Crippen LogP contribution is -2.19. The number of halogens is 1. The number of fused-ring (bicyclic) bond motifs is 1. The van der Waals surface area contributed by atoms with E-state index in [1.54, 1.807) is 6.07 Å². The van der Waals surface area contributed by atoms with Crippen molar-refractivity contribution in [1.29, 1.82) is 5.26 Å². The molecule has 0 saturated carbocycles. The minimum atomic E-state index is -0.0125. The molecule has 0 spiro atoms. The summed E-state index contributed by atoms with van der Waals surface area (Å²) < 4.78 is 8.36. The van der Waals surface area contributed by atoms with E-state index >= 15 is 0 Å². The van der Waals surface area contributed by atoms with Gasteiger partial charge >= 0.3 is 0 Å². The van der Waals surface area contributed by atoms with Crippen molar-refractivity contribution in [1.82, 2.24) is 9.78 Å². The number of rotatable bonds is 1. The first kappa shape index (κ1) is 11.7. The predicted molar refractivity (Wildman–Crippen MR) is 71.0 cm³/mol. The van der Waals surface area contributed by atoms with Crippen molar-refractivity contribution in [3.8, 4) is 6.07 Å². The quantitative estimate of drug-likeness (QED) is 0.811. The number of benzene rings is 1. The molecule has 0 amide bonds. The first-order valence-corrected chi connectivity index (χ1v) is 6.79. The highest BCUT2D eigenvalue weighted by atomic mass is 79.9. The van der Waals surface area contributed by atoms with Crippen LogP contribution in [0.3, 0.4) is 0 Å². The number of nitrogens with zero attached hydrogens (tertiary/aromatic N) is 3. The highest BCUT2D eigenvalue weighted by molar-refractivity contribution is 9.10. The van der Waals surface area contributed by atoms with Crippen LogP contribution in [0.4, 0.5) is 0 Å². The smallest absolute Gasteiger partial charge is 0.150 e. The monoisotopic (exact) mass is 305 g/mol. The molecule has 1 aliphatic rings. The molecular formula is C13H12BrN3O. The maximum Gasteiger partial charge on any atom is 0.150 e. The van der Waals surface area contributed by atoms with E-state index in [-0.39, 0.29) is 6.23 Å². The van der Waals surface area contributed by atoms with Crippen molar-refractivity contribution < 1.29 is 4.74 Å². The molecule has 1 saturated heterocycles. The van der Waals surface area contributed by atoms with Gasteiger partial charge < -0.3 is 4.74 Å². The van der Waals surface area contributed by atoms with Crippen molar-refractivity contribution in [2.75, 3.05) is 6.61 Å². The third-order valence-corrected chi connectivity index (χ3v) is 3.80. The number of aromatic nitrogens is 2. The Morgan fingerprint density at radius 2 is 2.33 bits per heavy atom. The summed E-state index contributed by atoms with van der Waals surface area (Å²) in [5, 5.41) is 14.5. The zero-order valence-corrected chi connectivity index (χ0v) is 11.4. The van der Waals surface area contributed by atoms with Crippen LogP contribution >= 0.6 is 15.9 Å². The lowest BCUT2D eigenvalue weighted by atomic mass is 10.1. The Balaban J connectivity index is 2.16. The van der Waals surface area contributed by atoms with Crippen LogP contribution in [0, 0.1) is 11.3 Å². The van der Waals surface area contributed by atoms with Gasteiger partial charge in [-0.15, -0.1) is 0 Å². The first-order chi connectivity index (χ1) is 8.81. The third kappa shape index (κ3) is 1.82. The van der Waals surface area contributed by atoms with Gasteiger partial charge in [-0.3, -0.25) is 0 Å². The topological polar surface area (TPSA) is 50.8 Å². The Morgan fingerprint density at radius 3 is 3.06 bits per heavy atom. The number of hydrogen-bond donors (Lipinski definition) is 0. The van der Waals surface area contributed by atoms with Crippen LogP contribution in [0.2, 0.25) is 0 Å². The van der Waals surface area contributed by atoms with Crippen molar-refractivity contribution >= 4 is 26.8 Å². The minimum Gasteiger partial charge on any atom is -0.356 e. The molecule has 1 aromatic heterocycles. The van der Waals surface area contributed by atoms with E-state index in [1.165, 1.54) is 0 Å². The molecule has 0 radical (unpaired) electrons. The molecule has 0 aliphatic carbocycles. The van der Waals surface area contributed by atoms with Crippen molar-refractivity contribution in [2.45, 2.75) is 25.5 Å². The van der Waals surface area contributed by atoms with Gasteiger partial charge in [0.2, 0.25) is 0 Å². The van der Waals surface area contributed by atoms with Gasteiger partial charge in [-0.2, -0.15) is 10.4 Å². The molecule has 18 heavy (non-hydrogen) atoms. The Kier molecular flexibility index (Phi) is 3.06. The molecular weight excluding hydrogens is 294 g/mol. The van der Waals surface area contributed by atoms with Crippen LogP contribution in [-0.4, -0.2) is 16.4 Å². The molecule has 2 aromatic rings. The summed E-state index contributed by atoms with van der Waals surface area (Å²) >= 11 is 3.44. The van der Waals surface area contributed by atoms with Crippen LogP contribution in [-0.2, 0) is 4.74 Å². The molecule has 2 heterocycles. The molecule has 4 nitrogen and oxygen atoms in total. The predicted octanol–water partition coefficient (Wildman–Crippen LogP) is 3.37. The highest BCUT2D eigenvalue weighted by Crippen LogP contribution is 2.31. The van der Waals surface area contributed by atoms with E-state index in [0.29, 0.717) is 10.2 Å². The molecule has 1 aliphatic heterocycles. The maximum absolute atomic E-state index is 9.14. The van der Waals surface area contributed by atoms with Crippen molar-refractivity contribution in [3.63, 3.8) is 0 Å². The molecule has 0 N–H and O–H groups in total. The van der Waals surface area contributed by atoms with E-state index in [4.69, 9.17) is 10.00 Å². The van der Waals surface area contributed by atoms with E-state index in [9.17, 15) is 0 Å². The summed E-state index contributed by atoms with van der Waals surface area (Å²) in [6, 6.07) is 7.87. The summed E-state index contributed by atoms with van der Waals surface area (Å²) in [5.41, 5.74) is 1.59. The molecule has 0 bridgehead atoms. The normalized spacial score (nSPS) is 19.9. The fourth-order valence-corrected chi connectivity index (χ4v) is 2.96. The Labute approximate surface area is 113 Å². The molecule has 1 aromatic carbocycles. The van der Waals surface area contributed by atoms with E-state index in [2.05, 4.69) is 27.1 Å². The maximum atomic E-state index is 9.14. The fourth-order valence-electron chi connectivity index (χ4n) is 2.38. The molecule has 1 atom stereocenters. The summed E-state index contributed by atoms with van der Waals surface area (Å²) in [4.78, 5) is 0. The standard InChI is InChI=1S/C13H12BrN3O/c14-13-12-9(8-15)4-3-5-10(12)17(16-13)11-6-1-2-7-18-11/h3-5,11H,1-2,6-7H2. The van der Waals surface area contributed by atoms with Crippen LogP contribution in [0.15, 0.2) is 22.8 Å². The first-order valence-electron chi connectivity index (χ1n) is 5.99. The number of ether oxygens (including phenoxy) is 1. The van der Waals surface area contributed by atoms with Gasteiger partial charge in [0.25, 0.3) is 0 Å². The molecule has 5 heteroatoms. The summed E-state index contributed by atoms with van der Waals surface area (Å²) in [6.07, 6.45) is 3.23. The van der Waals surface area contributed by atoms with Gasteiger partial charge in [0.05, 0.1) is 22.5 Å². The molecule has 92 valence electrons. The fraction of sp³-hybridized carbons (Fsp3) is 0.385. The van der Waals surface area contributed by atoms with Gasteiger partial charge in [-0.25, -0.2) is 4.68 Å². The Morgan fingerprint density at radius 1 is 1.44 bits per heavy atom. The van der Waals surface area contributed by atoms with Crippen molar-refractivity contribution in [2.24, 2.45) is 0 Å². The lowest BCUT2D eigenvalue weighted by molar-refractivity contribution is -0.0368. The second kappa shape index (κ2) is 4.71. The zero-order valence-electron chi connectivity index (χ0n) is 9.77. The van der Waals surface area contributed by atoms with Crippen LogP contribution in [0.1, 0.15) is 31.1 Å². The average molecular weight is 306 g/mol. The van der Waals surface area contributed by atoms with Gasteiger partial charge in [0, 0.05) is 6.61 Å². The molecule has 3 rings (SSSR count). The van der Waals surface area contributed by atoms with Crippen LogP contribution < -0.4 is 0 Å². The average Bonchev–Trinajstić information content (AvgIpc) is 2.77. The summed E-state index contributed by atoms with van der Waals surface area (Å²) in [6.45, 7) is 0.779. The SMILES string of the molecule is N#Cc1cccc2c1c(Br)nn2C1CCCCO1. The lowest BCUT2D eigenvalue weighted by Gasteiger charge is -2.23. The van der Waals surface area contributed by atoms with E-state index in [0.717, 1.165) is 36.8 Å². The van der Waals surface area contributed by atoms with E-state index in [1.807, 2.05) is 16.8 Å².